The van der Waals surface area contributed by atoms with Gasteiger partial charge in [-0.3, -0.25) is 4.79 Å². The molecule has 1 aromatic rings. The minimum atomic E-state index is 0.267. The Morgan fingerprint density at radius 2 is 2.00 bits per heavy atom. The van der Waals surface area contributed by atoms with Gasteiger partial charge in [0.1, 0.15) is 0 Å². The van der Waals surface area contributed by atoms with Crippen molar-refractivity contribution in [1.82, 2.24) is 0 Å². The number of halogens is 1. The fourth-order valence-corrected chi connectivity index (χ4v) is 2.26. The highest BCUT2D eigenvalue weighted by Crippen LogP contribution is 2.15. The van der Waals surface area contributed by atoms with Crippen LogP contribution in [0.3, 0.4) is 0 Å². The van der Waals surface area contributed by atoms with Crippen LogP contribution in [-0.2, 0) is 0 Å². The first kappa shape index (κ1) is 13.4. The predicted octanol–water partition coefficient (Wildman–Crippen LogP) is 4.61. The van der Waals surface area contributed by atoms with Crippen LogP contribution in [0.1, 0.15) is 42.5 Å². The number of benzene rings is 1. The molecule has 0 saturated heterocycles. The molecule has 1 aromatic carbocycles. The van der Waals surface area contributed by atoms with Crippen molar-refractivity contribution < 1.29 is 4.79 Å². The lowest BCUT2D eigenvalue weighted by Crippen LogP contribution is -2.01. The summed E-state index contributed by atoms with van der Waals surface area (Å²) in [6, 6.07) is 7.77. The van der Waals surface area contributed by atoms with Gasteiger partial charge in [0.15, 0.2) is 5.78 Å². The molecule has 2 heteroatoms. The van der Waals surface area contributed by atoms with Crippen molar-refractivity contribution in [1.29, 1.82) is 0 Å². The lowest BCUT2D eigenvalue weighted by Gasteiger charge is -2.03. The summed E-state index contributed by atoms with van der Waals surface area (Å²) in [6.45, 7) is 3.68. The maximum absolute atomic E-state index is 11.9. The zero-order chi connectivity index (χ0) is 11.8. The summed E-state index contributed by atoms with van der Waals surface area (Å²) in [5.41, 5.74) is 0.867. The van der Waals surface area contributed by atoms with Crippen LogP contribution in [0.5, 0.6) is 0 Å². The first-order chi connectivity index (χ1) is 7.75. The molecular formula is C14H17IO. The van der Waals surface area contributed by atoms with Gasteiger partial charge in [0.25, 0.3) is 0 Å². The van der Waals surface area contributed by atoms with Crippen molar-refractivity contribution >= 4 is 28.4 Å². The molecule has 16 heavy (non-hydrogen) atoms. The quantitative estimate of drug-likeness (QED) is 0.309. The van der Waals surface area contributed by atoms with Gasteiger partial charge < -0.3 is 0 Å². The molecular weight excluding hydrogens is 311 g/mol. The van der Waals surface area contributed by atoms with Gasteiger partial charge in [0.2, 0.25) is 0 Å². The number of carbonyl (C=O) groups excluding carboxylic acids is 1. The van der Waals surface area contributed by atoms with Crippen LogP contribution in [0.2, 0.25) is 0 Å². The minimum Gasteiger partial charge on any atom is -0.294 e. The molecule has 0 aromatic heterocycles. The summed E-state index contributed by atoms with van der Waals surface area (Å²) in [4.78, 5) is 11.9. The molecule has 0 radical (unpaired) electrons. The fourth-order valence-electron chi connectivity index (χ4n) is 1.57. The van der Waals surface area contributed by atoms with Crippen molar-refractivity contribution in [2.24, 2.45) is 0 Å². The average Bonchev–Trinajstić information content (AvgIpc) is 2.29. The summed E-state index contributed by atoms with van der Waals surface area (Å²) < 4.78 is 1.05. The van der Waals surface area contributed by atoms with Gasteiger partial charge in [-0.2, -0.15) is 0 Å². The number of Topliss-reactive ketones (excluding diaryl/α,β-unsaturated/α-hetero) is 1. The number of rotatable bonds is 7. The van der Waals surface area contributed by atoms with Crippen LogP contribution in [0.4, 0.5) is 0 Å². The number of hydrogen-bond acceptors (Lipinski definition) is 1. The van der Waals surface area contributed by atoms with E-state index in [1.807, 2.05) is 30.3 Å². The maximum Gasteiger partial charge on any atom is 0.163 e. The Balaban J connectivity index is 2.36. The molecule has 0 saturated carbocycles. The number of hydrogen-bond donors (Lipinski definition) is 0. The summed E-state index contributed by atoms with van der Waals surface area (Å²) in [7, 11) is 0. The molecule has 0 fully saturated rings. The molecule has 0 atom stereocenters. The van der Waals surface area contributed by atoms with Crippen molar-refractivity contribution in [3.63, 3.8) is 0 Å². The Kier molecular flexibility index (Phi) is 6.38. The molecule has 1 nitrogen and oxygen atoms in total. The number of unbranched alkanes of at least 4 members (excludes halogenated alkanes) is 3. The Bertz CT molecular complexity index is 358. The van der Waals surface area contributed by atoms with Crippen LogP contribution < -0.4 is 0 Å². The molecule has 0 aliphatic heterocycles. The molecule has 0 aliphatic rings. The highest BCUT2D eigenvalue weighted by atomic mass is 127. The van der Waals surface area contributed by atoms with E-state index in [1.54, 1.807) is 0 Å². The van der Waals surface area contributed by atoms with Gasteiger partial charge in [0.05, 0.1) is 0 Å². The smallest absolute Gasteiger partial charge is 0.163 e. The van der Waals surface area contributed by atoms with Crippen molar-refractivity contribution in [3.8, 4) is 0 Å². The van der Waals surface area contributed by atoms with E-state index in [1.165, 1.54) is 0 Å². The van der Waals surface area contributed by atoms with Gasteiger partial charge in [0, 0.05) is 15.6 Å². The molecule has 0 heterocycles. The van der Waals surface area contributed by atoms with Crippen LogP contribution in [0.25, 0.3) is 0 Å². The Morgan fingerprint density at radius 1 is 1.25 bits per heavy atom. The predicted molar refractivity (Wildman–Crippen MR) is 76.8 cm³/mol. The van der Waals surface area contributed by atoms with Gasteiger partial charge in [-0.1, -0.05) is 30.7 Å². The lowest BCUT2D eigenvalue weighted by molar-refractivity contribution is 0.0978. The first-order valence-electron chi connectivity index (χ1n) is 5.64. The monoisotopic (exact) mass is 328 g/mol. The third-order valence-corrected chi connectivity index (χ3v) is 3.43. The number of ketones is 1. The summed E-state index contributed by atoms with van der Waals surface area (Å²) in [5, 5.41) is 0. The normalized spacial score (nSPS) is 10.1. The highest BCUT2D eigenvalue weighted by Gasteiger charge is 2.08. The third kappa shape index (κ3) is 4.47. The lowest BCUT2D eigenvalue weighted by atomic mass is 10.0. The molecule has 86 valence electrons. The highest BCUT2D eigenvalue weighted by molar-refractivity contribution is 14.1. The Morgan fingerprint density at radius 3 is 2.69 bits per heavy atom. The fraction of sp³-hybridized carbons (Fsp3) is 0.357. The zero-order valence-electron chi connectivity index (χ0n) is 9.42. The van der Waals surface area contributed by atoms with E-state index >= 15 is 0 Å². The van der Waals surface area contributed by atoms with Crippen molar-refractivity contribution in [2.45, 2.75) is 32.1 Å². The molecule has 0 amide bonds. The number of allylic oxidation sites excluding steroid dienone is 1. The van der Waals surface area contributed by atoms with Gasteiger partial charge >= 0.3 is 0 Å². The zero-order valence-corrected chi connectivity index (χ0v) is 11.6. The second-order valence-corrected chi connectivity index (χ2v) is 4.95. The molecule has 0 unspecified atom stereocenters. The largest absolute Gasteiger partial charge is 0.294 e. The van der Waals surface area contributed by atoms with Crippen LogP contribution in [-0.4, -0.2) is 5.78 Å². The third-order valence-electron chi connectivity index (χ3n) is 2.49. The minimum absolute atomic E-state index is 0.267. The standard InChI is InChI=1S/C14H17IO/c1-2-3-4-5-6-11-14(16)12-9-7-8-10-13(12)15/h2,7-10H,1,3-6,11H2. The van der Waals surface area contributed by atoms with Crippen LogP contribution in [0.15, 0.2) is 36.9 Å². The second kappa shape index (κ2) is 7.60. The summed E-state index contributed by atoms with van der Waals surface area (Å²) in [5.74, 6) is 0.267. The van der Waals surface area contributed by atoms with E-state index in [0.717, 1.165) is 34.8 Å². The Hall–Kier alpha value is -0.640. The topological polar surface area (TPSA) is 17.1 Å². The number of carbonyl (C=O) groups is 1. The van der Waals surface area contributed by atoms with E-state index in [2.05, 4.69) is 29.2 Å². The summed E-state index contributed by atoms with van der Waals surface area (Å²) in [6.07, 6.45) is 6.89. The molecule has 1 rings (SSSR count). The van der Waals surface area contributed by atoms with Crippen LogP contribution in [0, 0.1) is 3.57 Å². The first-order valence-corrected chi connectivity index (χ1v) is 6.72. The van der Waals surface area contributed by atoms with Gasteiger partial charge in [-0.15, -0.1) is 6.58 Å². The summed E-state index contributed by atoms with van der Waals surface area (Å²) >= 11 is 2.22. The van der Waals surface area contributed by atoms with Gasteiger partial charge in [-0.05, 0) is 47.9 Å². The van der Waals surface area contributed by atoms with E-state index in [4.69, 9.17) is 0 Å². The van der Waals surface area contributed by atoms with E-state index in [9.17, 15) is 4.79 Å². The van der Waals surface area contributed by atoms with Crippen molar-refractivity contribution in [3.05, 3.63) is 46.1 Å². The maximum atomic E-state index is 11.9. The molecule has 0 aliphatic carbocycles. The van der Waals surface area contributed by atoms with Crippen LogP contribution >= 0.6 is 22.6 Å². The average molecular weight is 328 g/mol. The SMILES string of the molecule is C=CCCCCCC(=O)c1ccccc1I. The second-order valence-electron chi connectivity index (χ2n) is 3.79. The van der Waals surface area contributed by atoms with E-state index in [-0.39, 0.29) is 5.78 Å². The Labute approximate surface area is 111 Å². The van der Waals surface area contributed by atoms with E-state index < -0.39 is 0 Å². The molecule has 0 spiro atoms. The van der Waals surface area contributed by atoms with E-state index in [0.29, 0.717) is 6.42 Å². The molecule has 0 N–H and O–H groups in total. The molecule has 0 bridgehead atoms. The van der Waals surface area contributed by atoms with Gasteiger partial charge in [-0.25, -0.2) is 0 Å². The van der Waals surface area contributed by atoms with Crippen molar-refractivity contribution in [2.75, 3.05) is 0 Å².